The Morgan fingerprint density at radius 2 is 2.00 bits per heavy atom. The Kier molecular flexibility index (Phi) is 5.70. The van der Waals surface area contributed by atoms with Crippen molar-refractivity contribution in [2.75, 3.05) is 18.4 Å². The maximum absolute atomic E-state index is 14.0. The van der Waals surface area contributed by atoms with Crippen LogP contribution in [0.2, 0.25) is 0 Å². The van der Waals surface area contributed by atoms with E-state index in [9.17, 15) is 22.4 Å². The van der Waals surface area contributed by atoms with Gasteiger partial charge in [-0.05, 0) is 37.3 Å². The van der Waals surface area contributed by atoms with Crippen LogP contribution in [0, 0.1) is 11.7 Å². The van der Waals surface area contributed by atoms with Gasteiger partial charge in [-0.1, -0.05) is 26.0 Å². The SMILES string of the molecule is CC(C)[C@@H]1C[C@@H](C(F)(F)F)n2nc([C@H]3CCCN(C(=O)c4ccccc4F)C3)cc2N1. The number of carbonyl (C=O) groups is 1. The van der Waals surface area contributed by atoms with Crippen LogP contribution in [0.3, 0.4) is 0 Å². The highest BCUT2D eigenvalue weighted by molar-refractivity contribution is 5.94. The van der Waals surface area contributed by atoms with E-state index in [4.69, 9.17) is 0 Å². The molecule has 4 rings (SSSR count). The van der Waals surface area contributed by atoms with Gasteiger partial charge in [0.2, 0.25) is 0 Å². The first-order valence-electron chi connectivity index (χ1n) is 10.6. The molecule has 3 atom stereocenters. The summed E-state index contributed by atoms with van der Waals surface area (Å²) in [5, 5.41) is 7.52. The van der Waals surface area contributed by atoms with Crippen molar-refractivity contribution in [3.8, 4) is 0 Å². The summed E-state index contributed by atoms with van der Waals surface area (Å²) in [7, 11) is 0. The van der Waals surface area contributed by atoms with Crippen molar-refractivity contribution in [1.82, 2.24) is 14.7 Å². The highest BCUT2D eigenvalue weighted by Crippen LogP contribution is 2.42. The Morgan fingerprint density at radius 1 is 1.26 bits per heavy atom. The number of hydrogen-bond acceptors (Lipinski definition) is 3. The van der Waals surface area contributed by atoms with Gasteiger partial charge < -0.3 is 10.2 Å². The van der Waals surface area contributed by atoms with Crippen molar-refractivity contribution in [3.05, 3.63) is 47.4 Å². The quantitative estimate of drug-likeness (QED) is 0.688. The number of fused-ring (bicyclic) bond motifs is 1. The Bertz CT molecular complexity index is 955. The molecule has 0 aliphatic carbocycles. The lowest BCUT2D eigenvalue weighted by Gasteiger charge is -2.35. The fraction of sp³-hybridized carbons (Fsp3) is 0.545. The van der Waals surface area contributed by atoms with Crippen LogP contribution in [0.1, 0.15) is 61.1 Å². The molecule has 0 spiro atoms. The smallest absolute Gasteiger partial charge is 0.367 e. The van der Waals surface area contributed by atoms with Gasteiger partial charge in [0.15, 0.2) is 6.04 Å². The number of benzene rings is 1. The van der Waals surface area contributed by atoms with Gasteiger partial charge in [0.25, 0.3) is 5.91 Å². The van der Waals surface area contributed by atoms with Crippen molar-refractivity contribution in [1.29, 1.82) is 0 Å². The highest BCUT2D eigenvalue weighted by Gasteiger charge is 2.47. The predicted molar refractivity (Wildman–Crippen MR) is 108 cm³/mol. The molecule has 0 unspecified atom stereocenters. The number of hydrogen-bond donors (Lipinski definition) is 1. The van der Waals surface area contributed by atoms with Crippen LogP contribution < -0.4 is 5.32 Å². The zero-order valence-electron chi connectivity index (χ0n) is 17.5. The number of alkyl halides is 3. The van der Waals surface area contributed by atoms with E-state index in [1.54, 1.807) is 17.0 Å². The Labute approximate surface area is 178 Å². The fourth-order valence-corrected chi connectivity index (χ4v) is 4.47. The largest absolute Gasteiger partial charge is 0.410 e. The first-order valence-corrected chi connectivity index (χ1v) is 10.6. The molecule has 1 fully saturated rings. The summed E-state index contributed by atoms with van der Waals surface area (Å²) >= 11 is 0. The summed E-state index contributed by atoms with van der Waals surface area (Å²) in [6.07, 6.45) is -3.08. The van der Waals surface area contributed by atoms with Gasteiger partial charge in [-0.3, -0.25) is 4.79 Å². The lowest BCUT2D eigenvalue weighted by molar-refractivity contribution is -0.174. The van der Waals surface area contributed by atoms with E-state index in [2.05, 4.69) is 10.4 Å². The molecular weight excluding hydrogens is 412 g/mol. The Hall–Kier alpha value is -2.58. The molecule has 9 heteroatoms. The van der Waals surface area contributed by atoms with E-state index in [0.717, 1.165) is 4.68 Å². The van der Waals surface area contributed by atoms with Gasteiger partial charge in [-0.25, -0.2) is 9.07 Å². The lowest BCUT2D eigenvalue weighted by atomic mass is 9.93. The minimum atomic E-state index is -4.40. The Morgan fingerprint density at radius 3 is 2.68 bits per heavy atom. The van der Waals surface area contributed by atoms with E-state index in [-0.39, 0.29) is 29.9 Å². The number of piperidine rings is 1. The third-order valence-electron chi connectivity index (χ3n) is 6.27. The third-order valence-corrected chi connectivity index (χ3v) is 6.27. The van der Waals surface area contributed by atoms with Crippen LogP contribution in [-0.2, 0) is 0 Å². The number of halogens is 4. The average Bonchev–Trinajstić information content (AvgIpc) is 3.16. The third kappa shape index (κ3) is 4.27. The lowest BCUT2D eigenvalue weighted by Crippen LogP contribution is -2.41. The number of nitrogens with one attached hydrogen (secondary N) is 1. The predicted octanol–water partition coefficient (Wildman–Crippen LogP) is 4.99. The van der Waals surface area contributed by atoms with Crippen LogP contribution in [0.25, 0.3) is 0 Å². The van der Waals surface area contributed by atoms with E-state index < -0.39 is 23.9 Å². The number of rotatable bonds is 3. The zero-order valence-corrected chi connectivity index (χ0v) is 17.5. The molecule has 1 N–H and O–H groups in total. The van der Waals surface area contributed by atoms with Crippen LogP contribution in [0.15, 0.2) is 30.3 Å². The van der Waals surface area contributed by atoms with Gasteiger partial charge in [0.05, 0.1) is 11.3 Å². The number of aromatic nitrogens is 2. The van der Waals surface area contributed by atoms with E-state index >= 15 is 0 Å². The molecular formula is C22H26F4N4O. The molecule has 1 aromatic heterocycles. The summed E-state index contributed by atoms with van der Waals surface area (Å²) in [5.41, 5.74) is 0.540. The minimum Gasteiger partial charge on any atom is -0.367 e. The van der Waals surface area contributed by atoms with Crippen LogP contribution in [0.5, 0.6) is 0 Å². The summed E-state index contributed by atoms with van der Waals surface area (Å²) in [6, 6.07) is 5.52. The van der Waals surface area contributed by atoms with Gasteiger partial charge in [-0.2, -0.15) is 18.3 Å². The van der Waals surface area contributed by atoms with Gasteiger partial charge in [-0.15, -0.1) is 0 Å². The highest BCUT2D eigenvalue weighted by atomic mass is 19.4. The topological polar surface area (TPSA) is 50.2 Å². The molecule has 1 amide bonds. The standard InChI is InChI=1S/C22H26F4N4O/c1-13(2)17-10-19(22(24,25)26)30-20(27-17)11-18(28-30)14-6-5-9-29(12-14)21(31)15-7-3-4-8-16(15)23/h3-4,7-8,11,13-14,17,19,27H,5-6,9-10,12H2,1-2H3/t14-,17-,19-/m0/s1. The molecule has 2 aliphatic heterocycles. The summed E-state index contributed by atoms with van der Waals surface area (Å²) in [4.78, 5) is 14.4. The van der Waals surface area contributed by atoms with Crippen molar-refractivity contribution in [3.63, 3.8) is 0 Å². The second-order valence-corrected chi connectivity index (χ2v) is 8.76. The summed E-state index contributed by atoms with van der Waals surface area (Å²) in [5.74, 6) is -0.780. The molecule has 31 heavy (non-hydrogen) atoms. The monoisotopic (exact) mass is 438 g/mol. The molecule has 5 nitrogen and oxygen atoms in total. The number of likely N-dealkylation sites (tertiary alicyclic amines) is 1. The van der Waals surface area contributed by atoms with E-state index in [0.29, 0.717) is 37.4 Å². The zero-order chi connectivity index (χ0) is 22.3. The summed E-state index contributed by atoms with van der Waals surface area (Å²) < 4.78 is 56.3. The molecule has 168 valence electrons. The Balaban J connectivity index is 1.58. The molecule has 2 aromatic rings. The van der Waals surface area contributed by atoms with Gasteiger partial charge in [0.1, 0.15) is 11.6 Å². The summed E-state index contributed by atoms with van der Waals surface area (Å²) in [6.45, 7) is 4.57. The van der Waals surface area contributed by atoms with Gasteiger partial charge >= 0.3 is 6.18 Å². The normalized spacial score (nSPS) is 24.1. The van der Waals surface area contributed by atoms with Crippen molar-refractivity contribution in [2.24, 2.45) is 5.92 Å². The van der Waals surface area contributed by atoms with Crippen LogP contribution >= 0.6 is 0 Å². The maximum Gasteiger partial charge on any atom is 0.410 e. The number of amides is 1. The first-order chi connectivity index (χ1) is 14.6. The first kappa shape index (κ1) is 21.6. The second-order valence-electron chi connectivity index (χ2n) is 8.76. The molecule has 2 aliphatic rings. The number of nitrogens with zero attached hydrogens (tertiary/aromatic N) is 3. The molecule has 0 saturated carbocycles. The molecule has 3 heterocycles. The number of carbonyl (C=O) groups excluding carboxylic acids is 1. The number of anilines is 1. The minimum absolute atomic E-state index is 0.00543. The average molecular weight is 438 g/mol. The van der Waals surface area contributed by atoms with E-state index in [1.165, 1.54) is 18.2 Å². The van der Waals surface area contributed by atoms with Crippen molar-refractivity contribution < 1.29 is 22.4 Å². The fourth-order valence-electron chi connectivity index (χ4n) is 4.47. The molecule has 0 bridgehead atoms. The van der Waals surface area contributed by atoms with Crippen molar-refractivity contribution in [2.45, 2.75) is 57.3 Å². The van der Waals surface area contributed by atoms with Crippen LogP contribution in [-0.4, -0.2) is 45.9 Å². The maximum atomic E-state index is 14.0. The molecule has 1 saturated heterocycles. The molecule has 0 radical (unpaired) electrons. The van der Waals surface area contributed by atoms with Crippen LogP contribution in [0.4, 0.5) is 23.4 Å². The second kappa shape index (κ2) is 8.16. The molecule has 1 aromatic carbocycles. The van der Waals surface area contributed by atoms with Gasteiger partial charge in [0, 0.05) is 31.1 Å². The van der Waals surface area contributed by atoms with Crippen molar-refractivity contribution >= 4 is 11.7 Å². The van der Waals surface area contributed by atoms with E-state index in [1.807, 2.05) is 13.8 Å².